The standard InChI is InChI=1S/C15H25N3O/c1-13(14-3-5-15(19-2)6-4-14)18-11-9-17(8-7-16)10-12-18/h3-6,13H,7-12,16H2,1-2H3. The third kappa shape index (κ3) is 3.69. The van der Waals surface area contributed by atoms with E-state index in [1.165, 1.54) is 5.56 Å². The molecule has 19 heavy (non-hydrogen) atoms. The minimum Gasteiger partial charge on any atom is -0.497 e. The molecule has 1 unspecified atom stereocenters. The first-order valence-electron chi connectivity index (χ1n) is 7.05. The maximum atomic E-state index is 5.61. The monoisotopic (exact) mass is 263 g/mol. The van der Waals surface area contributed by atoms with Crippen molar-refractivity contribution in [3.8, 4) is 5.75 Å². The largest absolute Gasteiger partial charge is 0.497 e. The van der Waals surface area contributed by atoms with Crippen LogP contribution in [0.3, 0.4) is 0 Å². The average Bonchev–Trinajstić information content (AvgIpc) is 2.48. The number of ether oxygens (including phenoxy) is 1. The van der Waals surface area contributed by atoms with Gasteiger partial charge in [-0.25, -0.2) is 0 Å². The molecule has 1 heterocycles. The highest BCUT2D eigenvalue weighted by Crippen LogP contribution is 2.23. The van der Waals surface area contributed by atoms with Crippen molar-refractivity contribution in [1.82, 2.24) is 9.80 Å². The maximum Gasteiger partial charge on any atom is 0.118 e. The number of nitrogens with zero attached hydrogens (tertiary/aromatic N) is 2. The second-order valence-corrected chi connectivity index (χ2v) is 5.12. The zero-order chi connectivity index (χ0) is 13.7. The molecule has 1 saturated heterocycles. The van der Waals surface area contributed by atoms with Gasteiger partial charge >= 0.3 is 0 Å². The van der Waals surface area contributed by atoms with Crippen molar-refractivity contribution >= 4 is 0 Å². The van der Waals surface area contributed by atoms with E-state index in [4.69, 9.17) is 10.5 Å². The summed E-state index contributed by atoms with van der Waals surface area (Å²) in [5.74, 6) is 0.920. The maximum absolute atomic E-state index is 5.61. The van der Waals surface area contributed by atoms with E-state index in [0.29, 0.717) is 6.04 Å². The Bertz CT molecular complexity index is 371. The zero-order valence-electron chi connectivity index (χ0n) is 12.0. The first-order chi connectivity index (χ1) is 9.24. The van der Waals surface area contributed by atoms with Gasteiger partial charge in [-0.2, -0.15) is 0 Å². The molecule has 0 radical (unpaired) electrons. The van der Waals surface area contributed by atoms with Gasteiger partial charge in [-0.1, -0.05) is 12.1 Å². The summed E-state index contributed by atoms with van der Waals surface area (Å²) in [7, 11) is 1.70. The van der Waals surface area contributed by atoms with Crippen molar-refractivity contribution in [3.63, 3.8) is 0 Å². The highest BCUT2D eigenvalue weighted by atomic mass is 16.5. The number of rotatable bonds is 5. The molecular weight excluding hydrogens is 238 g/mol. The molecular formula is C15H25N3O. The molecule has 106 valence electrons. The molecule has 1 fully saturated rings. The minimum absolute atomic E-state index is 0.464. The molecule has 1 aromatic rings. The molecule has 4 nitrogen and oxygen atoms in total. The second-order valence-electron chi connectivity index (χ2n) is 5.12. The quantitative estimate of drug-likeness (QED) is 0.870. The summed E-state index contributed by atoms with van der Waals surface area (Å²) < 4.78 is 5.20. The summed E-state index contributed by atoms with van der Waals surface area (Å²) >= 11 is 0. The van der Waals surface area contributed by atoms with Crippen LogP contribution in [-0.2, 0) is 0 Å². The predicted molar refractivity (Wildman–Crippen MR) is 78.5 cm³/mol. The van der Waals surface area contributed by atoms with Crippen LogP contribution in [0.4, 0.5) is 0 Å². The van der Waals surface area contributed by atoms with Gasteiger partial charge in [0.05, 0.1) is 7.11 Å². The Morgan fingerprint density at radius 2 is 1.79 bits per heavy atom. The van der Waals surface area contributed by atoms with Gasteiger partial charge in [0, 0.05) is 45.3 Å². The zero-order valence-corrected chi connectivity index (χ0v) is 12.0. The van der Waals surface area contributed by atoms with E-state index in [1.54, 1.807) is 7.11 Å². The van der Waals surface area contributed by atoms with Gasteiger partial charge in [0.25, 0.3) is 0 Å². The van der Waals surface area contributed by atoms with Crippen molar-refractivity contribution in [2.24, 2.45) is 5.73 Å². The van der Waals surface area contributed by atoms with Crippen molar-refractivity contribution in [1.29, 1.82) is 0 Å². The van der Waals surface area contributed by atoms with Gasteiger partial charge in [-0.05, 0) is 24.6 Å². The fourth-order valence-electron chi connectivity index (χ4n) is 2.65. The smallest absolute Gasteiger partial charge is 0.118 e. The molecule has 0 aromatic heterocycles. The van der Waals surface area contributed by atoms with Crippen LogP contribution in [0.15, 0.2) is 24.3 Å². The van der Waals surface area contributed by atoms with E-state index in [-0.39, 0.29) is 0 Å². The number of methoxy groups -OCH3 is 1. The van der Waals surface area contributed by atoms with Crippen LogP contribution in [0.25, 0.3) is 0 Å². The third-order valence-corrected chi connectivity index (χ3v) is 4.00. The average molecular weight is 263 g/mol. The number of piperazine rings is 1. The van der Waals surface area contributed by atoms with Gasteiger partial charge in [-0.15, -0.1) is 0 Å². The normalized spacial score (nSPS) is 19.3. The highest BCUT2D eigenvalue weighted by Gasteiger charge is 2.21. The molecule has 0 aliphatic carbocycles. The van der Waals surface area contributed by atoms with Crippen LogP contribution in [0.1, 0.15) is 18.5 Å². The van der Waals surface area contributed by atoms with Crippen molar-refractivity contribution < 1.29 is 4.74 Å². The van der Waals surface area contributed by atoms with E-state index >= 15 is 0 Å². The number of benzene rings is 1. The molecule has 1 aromatic carbocycles. The van der Waals surface area contributed by atoms with Crippen molar-refractivity contribution in [3.05, 3.63) is 29.8 Å². The fourth-order valence-corrected chi connectivity index (χ4v) is 2.65. The summed E-state index contributed by atoms with van der Waals surface area (Å²) in [4.78, 5) is 4.98. The Kier molecular flexibility index (Phi) is 5.19. The SMILES string of the molecule is COc1ccc(C(C)N2CCN(CCN)CC2)cc1. The van der Waals surface area contributed by atoms with Gasteiger partial charge in [0.1, 0.15) is 5.75 Å². The third-order valence-electron chi connectivity index (χ3n) is 4.00. The Labute approximate surface area is 116 Å². The van der Waals surface area contributed by atoms with E-state index in [9.17, 15) is 0 Å². The van der Waals surface area contributed by atoms with Gasteiger partial charge < -0.3 is 10.5 Å². The van der Waals surface area contributed by atoms with Gasteiger partial charge in [0.15, 0.2) is 0 Å². The van der Waals surface area contributed by atoms with Crippen LogP contribution in [-0.4, -0.2) is 56.2 Å². The van der Waals surface area contributed by atoms with E-state index in [2.05, 4.69) is 28.9 Å². The lowest BCUT2D eigenvalue weighted by Gasteiger charge is -2.38. The molecule has 0 saturated carbocycles. The van der Waals surface area contributed by atoms with Gasteiger partial charge in [-0.3, -0.25) is 9.80 Å². The molecule has 0 amide bonds. The molecule has 1 aliphatic rings. The molecule has 0 spiro atoms. The van der Waals surface area contributed by atoms with E-state index in [0.717, 1.165) is 45.0 Å². The molecule has 0 bridgehead atoms. The Hall–Kier alpha value is -1.10. The lowest BCUT2D eigenvalue weighted by Crippen LogP contribution is -2.48. The lowest BCUT2D eigenvalue weighted by atomic mass is 10.1. The van der Waals surface area contributed by atoms with Crippen LogP contribution >= 0.6 is 0 Å². The molecule has 1 aliphatic heterocycles. The number of nitrogens with two attached hydrogens (primary N) is 1. The predicted octanol–water partition coefficient (Wildman–Crippen LogP) is 1.33. The van der Waals surface area contributed by atoms with Crippen LogP contribution in [0, 0.1) is 0 Å². The van der Waals surface area contributed by atoms with Gasteiger partial charge in [0.2, 0.25) is 0 Å². The summed E-state index contributed by atoms with van der Waals surface area (Å²) in [6, 6.07) is 8.87. The lowest BCUT2D eigenvalue weighted by molar-refractivity contribution is 0.104. The topological polar surface area (TPSA) is 41.7 Å². The van der Waals surface area contributed by atoms with E-state index < -0.39 is 0 Å². The minimum atomic E-state index is 0.464. The summed E-state index contributed by atoms with van der Waals surface area (Å²) in [6.45, 7) is 8.54. The highest BCUT2D eigenvalue weighted by molar-refractivity contribution is 5.28. The second kappa shape index (κ2) is 6.89. The fraction of sp³-hybridized carbons (Fsp3) is 0.600. The molecule has 2 rings (SSSR count). The molecule has 1 atom stereocenters. The first kappa shape index (κ1) is 14.3. The summed E-state index contributed by atoms with van der Waals surface area (Å²) in [5, 5.41) is 0. The Morgan fingerprint density at radius 1 is 1.16 bits per heavy atom. The molecule has 2 N–H and O–H groups in total. The van der Waals surface area contributed by atoms with Crippen LogP contribution < -0.4 is 10.5 Å². The van der Waals surface area contributed by atoms with Crippen LogP contribution in [0.5, 0.6) is 5.75 Å². The van der Waals surface area contributed by atoms with Crippen molar-refractivity contribution in [2.75, 3.05) is 46.4 Å². The Balaban J connectivity index is 1.91. The number of hydrogen-bond donors (Lipinski definition) is 1. The van der Waals surface area contributed by atoms with Crippen molar-refractivity contribution in [2.45, 2.75) is 13.0 Å². The first-order valence-corrected chi connectivity index (χ1v) is 7.05. The summed E-state index contributed by atoms with van der Waals surface area (Å²) in [6.07, 6.45) is 0. The Morgan fingerprint density at radius 3 is 2.32 bits per heavy atom. The van der Waals surface area contributed by atoms with E-state index in [1.807, 2.05) is 12.1 Å². The van der Waals surface area contributed by atoms with Crippen LogP contribution in [0.2, 0.25) is 0 Å². The number of hydrogen-bond acceptors (Lipinski definition) is 4. The summed E-state index contributed by atoms with van der Waals surface area (Å²) in [5.41, 5.74) is 6.96. The molecule has 4 heteroatoms.